The summed E-state index contributed by atoms with van der Waals surface area (Å²) in [6.45, 7) is 1.99. The van der Waals surface area contributed by atoms with Gasteiger partial charge in [0.1, 0.15) is 0 Å². The van der Waals surface area contributed by atoms with Crippen LogP contribution in [0.3, 0.4) is 0 Å². The number of hydrogen-bond acceptors (Lipinski definition) is 4. The van der Waals surface area contributed by atoms with Gasteiger partial charge < -0.3 is 20.4 Å². The third-order valence-corrected chi connectivity index (χ3v) is 3.92. The Labute approximate surface area is 120 Å². The lowest BCUT2D eigenvalue weighted by Gasteiger charge is -2.23. The molecule has 110 valence electrons. The summed E-state index contributed by atoms with van der Waals surface area (Å²) in [6.07, 6.45) is 1.14. The first-order valence-electron chi connectivity index (χ1n) is 6.92. The van der Waals surface area contributed by atoms with E-state index < -0.39 is 0 Å². The molecule has 1 atom stereocenters. The minimum absolute atomic E-state index is 0.0177. The van der Waals surface area contributed by atoms with Crippen LogP contribution in [0, 0.1) is 0 Å². The molecule has 1 saturated heterocycles. The Hall–Kier alpha value is -1.75. The van der Waals surface area contributed by atoms with Gasteiger partial charge in [0.15, 0.2) is 0 Å². The van der Waals surface area contributed by atoms with Crippen LogP contribution in [0.1, 0.15) is 16.8 Å². The minimum atomic E-state index is -0.0177. The van der Waals surface area contributed by atoms with Crippen LogP contribution in [0.2, 0.25) is 0 Å². The Bertz CT molecular complexity index is 499. The molecule has 1 aromatic carbocycles. The van der Waals surface area contributed by atoms with Gasteiger partial charge in [0.25, 0.3) is 5.91 Å². The number of benzene rings is 1. The van der Waals surface area contributed by atoms with E-state index in [0.717, 1.165) is 25.2 Å². The zero-order chi connectivity index (χ0) is 14.9. The molecule has 1 aromatic rings. The average Bonchev–Trinajstić information content (AvgIpc) is 2.87. The predicted octanol–water partition coefficient (Wildman–Crippen LogP) is 1.11. The van der Waals surface area contributed by atoms with E-state index in [2.05, 4.69) is 23.9 Å². The van der Waals surface area contributed by atoms with Crippen molar-refractivity contribution in [3.63, 3.8) is 0 Å². The van der Waals surface area contributed by atoms with E-state index in [-0.39, 0.29) is 5.91 Å². The Kier molecular flexibility index (Phi) is 4.18. The molecule has 1 aliphatic rings. The lowest BCUT2D eigenvalue weighted by Crippen LogP contribution is -2.31. The molecule has 0 bridgehead atoms. The summed E-state index contributed by atoms with van der Waals surface area (Å²) < 4.78 is 0. The van der Waals surface area contributed by atoms with Crippen LogP contribution in [0.15, 0.2) is 18.2 Å². The number of amides is 1. The summed E-state index contributed by atoms with van der Waals surface area (Å²) in [5.74, 6) is -0.0177. The highest BCUT2D eigenvalue weighted by Gasteiger charge is 2.25. The molecule has 1 heterocycles. The molecule has 0 aromatic heterocycles. The van der Waals surface area contributed by atoms with Gasteiger partial charge in [-0.25, -0.2) is 0 Å². The fraction of sp³-hybridized carbons (Fsp3) is 0.533. The maximum absolute atomic E-state index is 11.9. The van der Waals surface area contributed by atoms with Crippen molar-refractivity contribution in [2.45, 2.75) is 12.5 Å². The Morgan fingerprint density at radius 1 is 1.30 bits per heavy atom. The number of rotatable bonds is 3. The van der Waals surface area contributed by atoms with Gasteiger partial charge in [0, 0.05) is 38.8 Å². The highest BCUT2D eigenvalue weighted by Crippen LogP contribution is 2.28. The van der Waals surface area contributed by atoms with Crippen molar-refractivity contribution >= 4 is 17.3 Å². The second kappa shape index (κ2) is 5.71. The van der Waals surface area contributed by atoms with Gasteiger partial charge >= 0.3 is 0 Å². The van der Waals surface area contributed by atoms with Gasteiger partial charge in [0.05, 0.1) is 11.4 Å². The van der Waals surface area contributed by atoms with Crippen LogP contribution in [-0.4, -0.2) is 63.0 Å². The molecule has 2 rings (SSSR count). The summed E-state index contributed by atoms with van der Waals surface area (Å²) in [7, 11) is 7.70. The van der Waals surface area contributed by atoms with Crippen molar-refractivity contribution in [1.82, 2.24) is 9.80 Å². The van der Waals surface area contributed by atoms with E-state index in [9.17, 15) is 4.79 Å². The molecule has 2 N–H and O–H groups in total. The number of nitrogens with zero attached hydrogens (tertiary/aromatic N) is 3. The highest BCUT2D eigenvalue weighted by atomic mass is 16.2. The van der Waals surface area contributed by atoms with Crippen molar-refractivity contribution in [2.24, 2.45) is 0 Å². The van der Waals surface area contributed by atoms with Crippen molar-refractivity contribution in [3.05, 3.63) is 23.8 Å². The number of nitrogen functional groups attached to an aromatic ring is 1. The fourth-order valence-corrected chi connectivity index (χ4v) is 2.62. The van der Waals surface area contributed by atoms with Crippen LogP contribution < -0.4 is 10.6 Å². The molecule has 0 spiro atoms. The lowest BCUT2D eigenvalue weighted by molar-refractivity contribution is 0.0827. The Morgan fingerprint density at radius 2 is 2.00 bits per heavy atom. The van der Waals surface area contributed by atoms with Crippen molar-refractivity contribution in [2.75, 3.05) is 51.9 Å². The molecule has 0 aliphatic carbocycles. The molecular weight excluding hydrogens is 252 g/mol. The van der Waals surface area contributed by atoms with Gasteiger partial charge in [-0.1, -0.05) is 0 Å². The summed E-state index contributed by atoms with van der Waals surface area (Å²) >= 11 is 0. The third-order valence-electron chi connectivity index (χ3n) is 3.92. The summed E-state index contributed by atoms with van der Waals surface area (Å²) in [6, 6.07) is 6.17. The molecule has 20 heavy (non-hydrogen) atoms. The van der Waals surface area contributed by atoms with E-state index in [4.69, 9.17) is 5.73 Å². The van der Waals surface area contributed by atoms with E-state index >= 15 is 0 Å². The smallest absolute Gasteiger partial charge is 0.253 e. The standard InChI is InChI=1S/C15H24N4O/c1-17(2)12-7-8-19(10-12)14-6-5-11(9-13(14)16)15(20)18(3)4/h5-6,9,12H,7-8,10,16H2,1-4H3. The van der Waals surface area contributed by atoms with E-state index in [0.29, 0.717) is 17.3 Å². The molecule has 1 unspecified atom stereocenters. The van der Waals surface area contributed by atoms with Gasteiger partial charge in [-0.05, 0) is 38.7 Å². The van der Waals surface area contributed by atoms with Crippen LogP contribution in [0.5, 0.6) is 0 Å². The number of anilines is 2. The summed E-state index contributed by atoms with van der Waals surface area (Å²) in [5, 5.41) is 0. The number of likely N-dealkylation sites (N-methyl/N-ethyl adjacent to an activating group) is 1. The molecular formula is C15H24N4O. The second-order valence-electron chi connectivity index (χ2n) is 5.83. The third kappa shape index (κ3) is 2.88. The van der Waals surface area contributed by atoms with E-state index in [1.165, 1.54) is 0 Å². The molecule has 0 radical (unpaired) electrons. The lowest BCUT2D eigenvalue weighted by atomic mass is 10.1. The van der Waals surface area contributed by atoms with Crippen molar-refractivity contribution < 1.29 is 4.79 Å². The summed E-state index contributed by atoms with van der Waals surface area (Å²) in [4.78, 5) is 18.0. The molecule has 1 amide bonds. The zero-order valence-corrected chi connectivity index (χ0v) is 12.8. The maximum atomic E-state index is 11.9. The van der Waals surface area contributed by atoms with Crippen LogP contribution in [0.25, 0.3) is 0 Å². The van der Waals surface area contributed by atoms with E-state index in [1.54, 1.807) is 25.1 Å². The Morgan fingerprint density at radius 3 is 2.50 bits per heavy atom. The van der Waals surface area contributed by atoms with Crippen LogP contribution >= 0.6 is 0 Å². The number of carbonyl (C=O) groups excluding carboxylic acids is 1. The van der Waals surface area contributed by atoms with Gasteiger partial charge in [-0.2, -0.15) is 0 Å². The van der Waals surface area contributed by atoms with Crippen molar-refractivity contribution in [3.8, 4) is 0 Å². The first-order valence-corrected chi connectivity index (χ1v) is 6.92. The molecule has 5 heteroatoms. The Balaban J connectivity index is 2.17. The monoisotopic (exact) mass is 276 g/mol. The first kappa shape index (κ1) is 14.7. The normalized spacial score (nSPS) is 18.6. The first-order chi connectivity index (χ1) is 9.40. The van der Waals surface area contributed by atoms with Crippen LogP contribution in [0.4, 0.5) is 11.4 Å². The molecule has 5 nitrogen and oxygen atoms in total. The zero-order valence-electron chi connectivity index (χ0n) is 12.8. The quantitative estimate of drug-likeness (QED) is 0.840. The maximum Gasteiger partial charge on any atom is 0.253 e. The predicted molar refractivity (Wildman–Crippen MR) is 83.2 cm³/mol. The largest absolute Gasteiger partial charge is 0.397 e. The molecule has 1 aliphatic heterocycles. The van der Waals surface area contributed by atoms with Crippen LogP contribution in [-0.2, 0) is 0 Å². The van der Waals surface area contributed by atoms with E-state index in [1.807, 2.05) is 12.1 Å². The highest BCUT2D eigenvalue weighted by molar-refractivity contribution is 5.95. The summed E-state index contributed by atoms with van der Waals surface area (Å²) in [5.41, 5.74) is 8.48. The second-order valence-corrected chi connectivity index (χ2v) is 5.83. The molecule has 0 saturated carbocycles. The fourth-order valence-electron chi connectivity index (χ4n) is 2.62. The number of hydrogen-bond donors (Lipinski definition) is 1. The minimum Gasteiger partial charge on any atom is -0.397 e. The van der Waals surface area contributed by atoms with Gasteiger partial charge in [-0.15, -0.1) is 0 Å². The number of carbonyl (C=O) groups is 1. The van der Waals surface area contributed by atoms with Gasteiger partial charge in [0.2, 0.25) is 0 Å². The van der Waals surface area contributed by atoms with Crippen molar-refractivity contribution in [1.29, 1.82) is 0 Å². The average molecular weight is 276 g/mol. The number of nitrogens with two attached hydrogens (primary N) is 1. The van der Waals surface area contributed by atoms with Gasteiger partial charge in [-0.3, -0.25) is 4.79 Å². The SMILES string of the molecule is CN(C)C(=O)c1ccc(N2CCC(N(C)C)C2)c(N)c1. The topological polar surface area (TPSA) is 52.8 Å². The molecule has 1 fully saturated rings.